The first-order valence-electron chi connectivity index (χ1n) is 2.73. The lowest BCUT2D eigenvalue weighted by Crippen LogP contribution is -1.89. The predicted molar refractivity (Wildman–Crippen MR) is 33.8 cm³/mol. The fourth-order valence-corrected chi connectivity index (χ4v) is 0.623. The number of hydrogen-bond donors (Lipinski definition) is 3. The number of nitrogens with two attached hydrogens (primary N) is 1. The van der Waals surface area contributed by atoms with Crippen LogP contribution in [0.5, 0.6) is 0 Å². The Morgan fingerprint density at radius 2 is 2.56 bits per heavy atom. The molecule has 0 bridgehead atoms. The molecule has 1 heterocycles. The largest absolute Gasteiger partial charge is 0.396 e. The zero-order chi connectivity index (χ0) is 6.69. The van der Waals surface area contributed by atoms with E-state index in [4.69, 9.17) is 10.8 Å². The summed E-state index contributed by atoms with van der Waals surface area (Å²) in [5.74, 6) is 0.540. The summed E-state index contributed by atoms with van der Waals surface area (Å²) in [5.41, 5.74) is 6.11. The molecule has 0 aliphatic rings. The number of aromatic amines is 1. The molecule has 0 radical (unpaired) electrons. The quantitative estimate of drug-likeness (QED) is 0.502. The molecule has 4 N–H and O–H groups in total. The van der Waals surface area contributed by atoms with E-state index in [-0.39, 0.29) is 6.61 Å². The Labute approximate surface area is 52.7 Å². The Hall–Kier alpha value is -1.03. The van der Waals surface area contributed by atoms with Gasteiger partial charge in [0.05, 0.1) is 5.69 Å². The second kappa shape index (κ2) is 2.50. The van der Waals surface area contributed by atoms with Crippen LogP contribution >= 0.6 is 0 Å². The summed E-state index contributed by atoms with van der Waals surface area (Å²) >= 11 is 0. The Morgan fingerprint density at radius 3 is 3.00 bits per heavy atom. The average molecular weight is 127 g/mol. The number of nitrogen functional groups attached to an aromatic ring is 1. The summed E-state index contributed by atoms with van der Waals surface area (Å²) in [6.45, 7) is 0.115. The van der Waals surface area contributed by atoms with E-state index >= 15 is 0 Å². The molecule has 0 unspecified atom stereocenters. The zero-order valence-electron chi connectivity index (χ0n) is 4.96. The highest BCUT2D eigenvalue weighted by Gasteiger charge is 1.94. The number of hydrogen-bond acceptors (Lipinski definition) is 3. The molecule has 50 valence electrons. The van der Waals surface area contributed by atoms with E-state index in [2.05, 4.69) is 10.2 Å². The van der Waals surface area contributed by atoms with Gasteiger partial charge >= 0.3 is 0 Å². The second-order valence-corrected chi connectivity index (χ2v) is 1.79. The predicted octanol–water partition coefficient (Wildman–Crippen LogP) is -0.473. The molecule has 0 spiro atoms. The van der Waals surface area contributed by atoms with Crippen molar-refractivity contribution in [1.29, 1.82) is 0 Å². The summed E-state index contributed by atoms with van der Waals surface area (Å²) in [5, 5.41) is 14.8. The molecule has 0 saturated carbocycles. The van der Waals surface area contributed by atoms with Gasteiger partial charge in [-0.05, 0) is 0 Å². The maximum absolute atomic E-state index is 8.43. The van der Waals surface area contributed by atoms with E-state index < -0.39 is 0 Å². The molecule has 4 heteroatoms. The van der Waals surface area contributed by atoms with Crippen molar-refractivity contribution < 1.29 is 5.11 Å². The third kappa shape index (κ3) is 1.43. The molecule has 1 aromatic rings. The van der Waals surface area contributed by atoms with Crippen molar-refractivity contribution in [3.63, 3.8) is 0 Å². The first kappa shape index (κ1) is 6.10. The van der Waals surface area contributed by atoms with Crippen LogP contribution in [0.1, 0.15) is 5.69 Å². The van der Waals surface area contributed by atoms with Gasteiger partial charge in [0.25, 0.3) is 0 Å². The molecule has 0 aliphatic carbocycles. The average Bonchev–Trinajstić information content (AvgIpc) is 2.17. The number of nitrogens with one attached hydrogen (secondary N) is 1. The topological polar surface area (TPSA) is 74.9 Å². The van der Waals surface area contributed by atoms with Crippen molar-refractivity contribution in [3.05, 3.63) is 11.8 Å². The Morgan fingerprint density at radius 1 is 1.78 bits per heavy atom. The molecule has 0 aliphatic heterocycles. The SMILES string of the molecule is Nc1cc(CCO)n[nH]1. The van der Waals surface area contributed by atoms with Gasteiger partial charge in [0, 0.05) is 19.1 Å². The lowest BCUT2D eigenvalue weighted by atomic mass is 10.3. The minimum absolute atomic E-state index is 0.115. The molecular weight excluding hydrogens is 118 g/mol. The van der Waals surface area contributed by atoms with E-state index in [1.54, 1.807) is 6.07 Å². The summed E-state index contributed by atoms with van der Waals surface area (Å²) in [6.07, 6.45) is 0.563. The van der Waals surface area contributed by atoms with Gasteiger partial charge < -0.3 is 10.8 Å². The number of H-pyrrole nitrogens is 1. The number of nitrogens with zero attached hydrogens (tertiary/aromatic N) is 1. The third-order valence-corrected chi connectivity index (χ3v) is 1.02. The van der Waals surface area contributed by atoms with Crippen LogP contribution < -0.4 is 5.73 Å². The Kier molecular flexibility index (Phi) is 1.69. The molecule has 0 aromatic carbocycles. The van der Waals surface area contributed by atoms with E-state index in [1.165, 1.54) is 0 Å². The number of aliphatic hydroxyl groups excluding tert-OH is 1. The molecule has 0 saturated heterocycles. The monoisotopic (exact) mass is 127 g/mol. The van der Waals surface area contributed by atoms with Crippen molar-refractivity contribution in [2.45, 2.75) is 6.42 Å². The van der Waals surface area contributed by atoms with Crippen LogP contribution in [0.15, 0.2) is 6.07 Å². The van der Waals surface area contributed by atoms with Crippen LogP contribution in [0.2, 0.25) is 0 Å². The maximum Gasteiger partial charge on any atom is 0.119 e. The van der Waals surface area contributed by atoms with Gasteiger partial charge in [0.15, 0.2) is 0 Å². The van der Waals surface area contributed by atoms with Gasteiger partial charge in [0.2, 0.25) is 0 Å². The molecular formula is C5H9N3O. The minimum Gasteiger partial charge on any atom is -0.396 e. The van der Waals surface area contributed by atoms with Crippen LogP contribution in [0.25, 0.3) is 0 Å². The van der Waals surface area contributed by atoms with Crippen LogP contribution in [-0.2, 0) is 6.42 Å². The summed E-state index contributed by atoms with van der Waals surface area (Å²) in [6, 6.07) is 1.70. The summed E-state index contributed by atoms with van der Waals surface area (Å²) in [4.78, 5) is 0. The molecule has 9 heavy (non-hydrogen) atoms. The first-order chi connectivity index (χ1) is 4.33. The molecule has 0 amide bonds. The zero-order valence-corrected chi connectivity index (χ0v) is 4.96. The molecule has 4 nitrogen and oxygen atoms in total. The Balaban J connectivity index is 2.61. The fourth-order valence-electron chi connectivity index (χ4n) is 0.623. The number of aromatic nitrogens is 2. The lowest BCUT2D eigenvalue weighted by Gasteiger charge is -1.84. The maximum atomic E-state index is 8.43. The van der Waals surface area contributed by atoms with Crippen LogP contribution in [0, 0.1) is 0 Å². The van der Waals surface area contributed by atoms with E-state index in [1.807, 2.05) is 0 Å². The highest BCUT2D eigenvalue weighted by atomic mass is 16.3. The van der Waals surface area contributed by atoms with E-state index in [0.29, 0.717) is 12.2 Å². The van der Waals surface area contributed by atoms with Crippen molar-refractivity contribution >= 4 is 5.82 Å². The second-order valence-electron chi connectivity index (χ2n) is 1.79. The first-order valence-corrected chi connectivity index (χ1v) is 2.73. The van der Waals surface area contributed by atoms with Gasteiger partial charge in [0.1, 0.15) is 5.82 Å². The van der Waals surface area contributed by atoms with E-state index in [0.717, 1.165) is 5.69 Å². The third-order valence-electron chi connectivity index (χ3n) is 1.02. The van der Waals surface area contributed by atoms with Crippen molar-refractivity contribution in [2.75, 3.05) is 12.3 Å². The van der Waals surface area contributed by atoms with Gasteiger partial charge in [-0.2, -0.15) is 5.10 Å². The van der Waals surface area contributed by atoms with Gasteiger partial charge in [-0.1, -0.05) is 0 Å². The minimum atomic E-state index is 0.115. The molecule has 0 atom stereocenters. The smallest absolute Gasteiger partial charge is 0.119 e. The van der Waals surface area contributed by atoms with Crippen LogP contribution in [0.4, 0.5) is 5.82 Å². The Bertz CT molecular complexity index is 184. The summed E-state index contributed by atoms with van der Waals surface area (Å²) < 4.78 is 0. The highest BCUT2D eigenvalue weighted by molar-refractivity contribution is 5.28. The van der Waals surface area contributed by atoms with Gasteiger partial charge in [-0.3, -0.25) is 5.10 Å². The standard InChI is InChI=1S/C5H9N3O/c6-5-3-4(1-2-9)7-8-5/h3,9H,1-2H2,(H3,6,7,8). The lowest BCUT2D eigenvalue weighted by molar-refractivity contribution is 0.298. The van der Waals surface area contributed by atoms with Gasteiger partial charge in [-0.25, -0.2) is 0 Å². The van der Waals surface area contributed by atoms with Crippen LogP contribution in [0.3, 0.4) is 0 Å². The van der Waals surface area contributed by atoms with Crippen molar-refractivity contribution in [3.8, 4) is 0 Å². The molecule has 0 fully saturated rings. The van der Waals surface area contributed by atoms with Gasteiger partial charge in [-0.15, -0.1) is 0 Å². The van der Waals surface area contributed by atoms with Crippen molar-refractivity contribution in [2.24, 2.45) is 0 Å². The number of aliphatic hydroxyl groups is 1. The highest BCUT2D eigenvalue weighted by Crippen LogP contribution is 1.99. The summed E-state index contributed by atoms with van der Waals surface area (Å²) in [7, 11) is 0. The molecule has 1 aromatic heterocycles. The number of rotatable bonds is 2. The van der Waals surface area contributed by atoms with Crippen LogP contribution in [-0.4, -0.2) is 21.9 Å². The fraction of sp³-hybridized carbons (Fsp3) is 0.400. The number of anilines is 1. The van der Waals surface area contributed by atoms with E-state index in [9.17, 15) is 0 Å². The molecule has 1 rings (SSSR count). The normalized spacial score (nSPS) is 9.89. The van der Waals surface area contributed by atoms with Crippen molar-refractivity contribution in [1.82, 2.24) is 10.2 Å².